The van der Waals surface area contributed by atoms with E-state index < -0.39 is 0 Å². The third-order valence-electron chi connectivity index (χ3n) is 8.51. The summed E-state index contributed by atoms with van der Waals surface area (Å²) in [6.45, 7) is 0. The number of benzene rings is 6. The van der Waals surface area contributed by atoms with Crippen LogP contribution in [0.4, 0.5) is 0 Å². The van der Waals surface area contributed by atoms with Gasteiger partial charge in [-0.2, -0.15) is 0 Å². The largest absolute Gasteiger partial charge is 0.256 e. The van der Waals surface area contributed by atoms with Crippen LogP contribution >= 0.6 is 11.3 Å². The van der Waals surface area contributed by atoms with Crippen LogP contribution in [0.3, 0.4) is 0 Å². The van der Waals surface area contributed by atoms with Crippen molar-refractivity contribution in [2.45, 2.75) is 0 Å². The van der Waals surface area contributed by atoms with Crippen LogP contribution in [0.1, 0.15) is 0 Å². The Morgan fingerprint density at radius 3 is 1.96 bits per heavy atom. The van der Waals surface area contributed by atoms with Gasteiger partial charge in [-0.25, -0.2) is 9.97 Å². The average molecular weight is 592 g/mol. The summed E-state index contributed by atoms with van der Waals surface area (Å²) in [6.07, 6.45) is 1.87. The minimum atomic E-state index is 0.732. The van der Waals surface area contributed by atoms with Crippen molar-refractivity contribution < 1.29 is 0 Å². The van der Waals surface area contributed by atoms with Gasteiger partial charge in [0.1, 0.15) is 0 Å². The molecule has 0 spiro atoms. The summed E-state index contributed by atoms with van der Waals surface area (Å²) in [5.41, 5.74) is 9.76. The number of rotatable bonds is 4. The third kappa shape index (κ3) is 4.38. The first-order chi connectivity index (χ1) is 22.3. The zero-order chi connectivity index (χ0) is 29.7. The number of nitrogens with zero attached hydrogens (tertiary/aromatic N) is 3. The lowest BCUT2D eigenvalue weighted by Crippen LogP contribution is -1.94. The first-order valence-electron chi connectivity index (χ1n) is 15.0. The Morgan fingerprint density at radius 2 is 1.11 bits per heavy atom. The van der Waals surface area contributed by atoms with Crippen LogP contribution in [0.15, 0.2) is 152 Å². The van der Waals surface area contributed by atoms with Gasteiger partial charge in [0.2, 0.25) is 0 Å². The summed E-state index contributed by atoms with van der Waals surface area (Å²) in [6, 6.07) is 51.3. The number of pyridine rings is 1. The SMILES string of the molecule is c1ccc(-c2nc(-c3cccc(-c4cccc(-c5cc6cccnc6c6ccccc56)c4)c3)nc3c2sc2ccccc23)cc1. The molecule has 0 radical (unpaired) electrons. The van der Waals surface area contributed by atoms with E-state index in [2.05, 4.69) is 133 Å². The second-order valence-corrected chi connectivity index (χ2v) is 12.3. The van der Waals surface area contributed by atoms with E-state index in [4.69, 9.17) is 15.0 Å². The number of thiophene rings is 1. The normalized spacial score (nSPS) is 11.6. The summed E-state index contributed by atoms with van der Waals surface area (Å²) < 4.78 is 2.34. The fourth-order valence-electron chi connectivity index (χ4n) is 6.37. The van der Waals surface area contributed by atoms with Gasteiger partial charge in [-0.1, -0.05) is 115 Å². The Kier molecular flexibility index (Phi) is 6.00. The number of hydrogen-bond donors (Lipinski definition) is 0. The van der Waals surface area contributed by atoms with Crippen molar-refractivity contribution >= 4 is 53.3 Å². The lowest BCUT2D eigenvalue weighted by atomic mass is 9.93. The van der Waals surface area contributed by atoms with E-state index in [1.807, 2.05) is 18.3 Å². The van der Waals surface area contributed by atoms with Crippen LogP contribution in [0.5, 0.6) is 0 Å². The predicted molar refractivity (Wildman–Crippen MR) is 189 cm³/mol. The van der Waals surface area contributed by atoms with E-state index in [1.54, 1.807) is 11.3 Å². The van der Waals surface area contributed by atoms with Crippen molar-refractivity contribution in [2.75, 3.05) is 0 Å². The second kappa shape index (κ2) is 10.5. The minimum absolute atomic E-state index is 0.732. The molecule has 0 unspecified atom stereocenters. The molecule has 6 aromatic carbocycles. The van der Waals surface area contributed by atoms with Crippen molar-refractivity contribution in [1.82, 2.24) is 15.0 Å². The van der Waals surface area contributed by atoms with Crippen LogP contribution in [-0.2, 0) is 0 Å². The molecule has 0 amide bonds. The molecule has 210 valence electrons. The summed E-state index contributed by atoms with van der Waals surface area (Å²) in [7, 11) is 0. The highest BCUT2D eigenvalue weighted by molar-refractivity contribution is 7.26. The van der Waals surface area contributed by atoms with Crippen LogP contribution in [0.25, 0.3) is 86.9 Å². The molecule has 0 atom stereocenters. The predicted octanol–water partition coefficient (Wildman–Crippen LogP) is 11.2. The van der Waals surface area contributed by atoms with Gasteiger partial charge in [0, 0.05) is 38.2 Å². The van der Waals surface area contributed by atoms with Crippen LogP contribution < -0.4 is 0 Å². The summed E-state index contributed by atoms with van der Waals surface area (Å²) in [4.78, 5) is 15.1. The Labute approximate surface area is 264 Å². The molecule has 3 nitrogen and oxygen atoms in total. The Bertz CT molecular complexity index is 2550. The zero-order valence-corrected chi connectivity index (χ0v) is 25.0. The van der Waals surface area contributed by atoms with Crippen molar-refractivity contribution in [2.24, 2.45) is 0 Å². The molecule has 0 bridgehead atoms. The topological polar surface area (TPSA) is 38.7 Å². The molecule has 45 heavy (non-hydrogen) atoms. The minimum Gasteiger partial charge on any atom is -0.256 e. The highest BCUT2D eigenvalue weighted by Gasteiger charge is 2.17. The third-order valence-corrected chi connectivity index (χ3v) is 9.67. The van der Waals surface area contributed by atoms with Gasteiger partial charge in [-0.3, -0.25) is 4.98 Å². The molecule has 0 aliphatic heterocycles. The fraction of sp³-hybridized carbons (Fsp3) is 0. The molecule has 3 aromatic heterocycles. The van der Waals surface area contributed by atoms with Gasteiger partial charge in [-0.05, 0) is 58.0 Å². The smallest absolute Gasteiger partial charge is 0.160 e. The average Bonchev–Trinajstić information content (AvgIpc) is 3.50. The molecule has 0 fully saturated rings. The van der Waals surface area contributed by atoms with Crippen LogP contribution in [-0.4, -0.2) is 15.0 Å². The van der Waals surface area contributed by atoms with Gasteiger partial charge in [0.15, 0.2) is 5.82 Å². The molecule has 0 aliphatic rings. The van der Waals surface area contributed by atoms with Crippen LogP contribution in [0, 0.1) is 0 Å². The Hall–Kier alpha value is -5.71. The van der Waals surface area contributed by atoms with Gasteiger partial charge in [0.25, 0.3) is 0 Å². The molecule has 9 aromatic rings. The van der Waals surface area contributed by atoms with Crippen molar-refractivity contribution in [3.8, 4) is 44.9 Å². The van der Waals surface area contributed by atoms with E-state index in [0.29, 0.717) is 0 Å². The van der Waals surface area contributed by atoms with Gasteiger partial charge < -0.3 is 0 Å². The van der Waals surface area contributed by atoms with E-state index in [0.717, 1.165) is 54.9 Å². The number of aromatic nitrogens is 3. The first kappa shape index (κ1) is 25.8. The van der Waals surface area contributed by atoms with E-state index in [1.165, 1.54) is 32.0 Å². The van der Waals surface area contributed by atoms with Gasteiger partial charge >= 0.3 is 0 Å². The Morgan fingerprint density at radius 1 is 0.444 bits per heavy atom. The maximum Gasteiger partial charge on any atom is 0.160 e. The molecular formula is C41H25N3S. The first-order valence-corrected chi connectivity index (χ1v) is 15.8. The van der Waals surface area contributed by atoms with E-state index in [-0.39, 0.29) is 0 Å². The number of fused-ring (bicyclic) bond motifs is 6. The van der Waals surface area contributed by atoms with Gasteiger partial charge in [-0.15, -0.1) is 11.3 Å². The molecule has 0 saturated heterocycles. The number of hydrogen-bond acceptors (Lipinski definition) is 4. The maximum absolute atomic E-state index is 5.19. The van der Waals surface area contributed by atoms with E-state index in [9.17, 15) is 0 Å². The second-order valence-electron chi connectivity index (χ2n) is 11.2. The molecule has 0 aliphatic carbocycles. The van der Waals surface area contributed by atoms with E-state index >= 15 is 0 Å². The highest BCUT2D eigenvalue weighted by Crippen LogP contribution is 2.40. The van der Waals surface area contributed by atoms with Crippen molar-refractivity contribution in [1.29, 1.82) is 0 Å². The lowest BCUT2D eigenvalue weighted by Gasteiger charge is -2.12. The summed E-state index contributed by atoms with van der Waals surface area (Å²) >= 11 is 1.76. The maximum atomic E-state index is 5.19. The van der Waals surface area contributed by atoms with Crippen molar-refractivity contribution in [3.63, 3.8) is 0 Å². The quantitative estimate of drug-likeness (QED) is 0.191. The van der Waals surface area contributed by atoms with Gasteiger partial charge in [0.05, 0.1) is 21.4 Å². The highest BCUT2D eigenvalue weighted by atomic mass is 32.1. The summed E-state index contributed by atoms with van der Waals surface area (Å²) in [5, 5.41) is 4.68. The fourth-order valence-corrected chi connectivity index (χ4v) is 7.53. The molecule has 9 rings (SSSR count). The summed E-state index contributed by atoms with van der Waals surface area (Å²) in [5.74, 6) is 0.732. The molecule has 0 saturated carbocycles. The van der Waals surface area contributed by atoms with Crippen LogP contribution in [0.2, 0.25) is 0 Å². The zero-order valence-electron chi connectivity index (χ0n) is 24.2. The molecule has 4 heteroatoms. The Balaban J connectivity index is 1.19. The lowest BCUT2D eigenvalue weighted by molar-refractivity contribution is 1.24. The monoisotopic (exact) mass is 591 g/mol. The molecular weight excluding hydrogens is 567 g/mol. The standard InChI is InChI=1S/C41H25N3S/c1-2-11-26(12-3-1)38-40-39(34-20-6-7-21-36(34)45-40)44-41(43-38)31-16-9-14-28(24-31)27-13-8-15-29(23-27)35-25-30-17-10-22-42-37(30)33-19-5-4-18-32(33)35/h1-25H. The van der Waals surface area contributed by atoms with Crippen molar-refractivity contribution in [3.05, 3.63) is 152 Å². The molecule has 0 N–H and O–H groups in total. The molecule has 3 heterocycles.